The third-order valence-electron chi connectivity index (χ3n) is 3.29. The molecule has 0 saturated carbocycles. The van der Waals surface area contributed by atoms with Crippen molar-refractivity contribution in [1.29, 1.82) is 0 Å². The standard InChI is InChI=1S/C13H21N3O3S/c1-4-19-13(17)11-9(14)10(18-3)12(20-11)15-8-5-6-16(2)7-8/h8,15H,4-7,14H2,1-3H3. The maximum absolute atomic E-state index is 11.9. The molecule has 1 unspecified atom stereocenters. The van der Waals surface area contributed by atoms with Crippen molar-refractivity contribution in [1.82, 2.24) is 4.90 Å². The molecular formula is C13H21N3O3S. The minimum absolute atomic E-state index is 0.328. The predicted octanol–water partition coefficient (Wildman–Crippen LogP) is 1.63. The van der Waals surface area contributed by atoms with Crippen molar-refractivity contribution in [2.24, 2.45) is 0 Å². The molecule has 0 radical (unpaired) electrons. The number of methoxy groups -OCH3 is 1. The van der Waals surface area contributed by atoms with E-state index in [1.54, 1.807) is 14.0 Å². The Hall–Kier alpha value is -1.47. The summed E-state index contributed by atoms with van der Waals surface area (Å²) < 4.78 is 10.3. The molecule has 0 aromatic carbocycles. The number of nitrogens with zero attached hydrogens (tertiary/aromatic N) is 1. The van der Waals surface area contributed by atoms with E-state index in [2.05, 4.69) is 17.3 Å². The highest BCUT2D eigenvalue weighted by molar-refractivity contribution is 7.19. The Kier molecular flexibility index (Phi) is 4.72. The van der Waals surface area contributed by atoms with Crippen LogP contribution in [0.2, 0.25) is 0 Å². The average molecular weight is 299 g/mol. The van der Waals surface area contributed by atoms with Crippen LogP contribution in [0.4, 0.5) is 10.7 Å². The third-order valence-corrected chi connectivity index (χ3v) is 4.39. The minimum atomic E-state index is -0.398. The van der Waals surface area contributed by atoms with E-state index in [4.69, 9.17) is 15.2 Å². The van der Waals surface area contributed by atoms with E-state index in [-0.39, 0.29) is 0 Å². The topological polar surface area (TPSA) is 76.8 Å². The molecule has 1 aromatic heterocycles. The summed E-state index contributed by atoms with van der Waals surface area (Å²) in [6.07, 6.45) is 1.06. The second kappa shape index (κ2) is 6.32. The van der Waals surface area contributed by atoms with Crippen LogP contribution in [-0.2, 0) is 4.74 Å². The molecular weight excluding hydrogens is 278 g/mol. The molecule has 0 spiro atoms. The number of nitrogen functional groups attached to an aromatic ring is 1. The number of hydrogen-bond acceptors (Lipinski definition) is 7. The van der Waals surface area contributed by atoms with Gasteiger partial charge < -0.3 is 25.4 Å². The average Bonchev–Trinajstić information content (AvgIpc) is 2.94. The molecule has 1 saturated heterocycles. The van der Waals surface area contributed by atoms with E-state index >= 15 is 0 Å². The van der Waals surface area contributed by atoms with Gasteiger partial charge in [-0.2, -0.15) is 0 Å². The first kappa shape index (κ1) is 14.9. The maximum Gasteiger partial charge on any atom is 0.350 e. The fourth-order valence-electron chi connectivity index (χ4n) is 2.31. The van der Waals surface area contributed by atoms with E-state index < -0.39 is 5.97 Å². The van der Waals surface area contributed by atoms with Gasteiger partial charge in [0.1, 0.15) is 15.6 Å². The van der Waals surface area contributed by atoms with Crippen molar-refractivity contribution in [2.45, 2.75) is 19.4 Å². The van der Waals surface area contributed by atoms with Crippen molar-refractivity contribution in [3.63, 3.8) is 0 Å². The van der Waals surface area contributed by atoms with Crippen molar-refractivity contribution in [3.8, 4) is 5.75 Å². The Morgan fingerprint density at radius 2 is 2.35 bits per heavy atom. The van der Waals surface area contributed by atoms with Crippen LogP contribution in [0.5, 0.6) is 5.75 Å². The number of nitrogens with one attached hydrogen (secondary N) is 1. The van der Waals surface area contributed by atoms with Gasteiger partial charge in [-0.25, -0.2) is 4.79 Å². The van der Waals surface area contributed by atoms with Gasteiger partial charge in [-0.05, 0) is 26.9 Å². The van der Waals surface area contributed by atoms with Crippen LogP contribution in [0.1, 0.15) is 23.0 Å². The summed E-state index contributed by atoms with van der Waals surface area (Å²) in [6.45, 7) is 4.13. The molecule has 0 aliphatic carbocycles. The van der Waals surface area contributed by atoms with Crippen molar-refractivity contribution >= 4 is 28.0 Å². The number of ether oxygens (including phenoxy) is 2. The van der Waals surface area contributed by atoms with Crippen LogP contribution in [-0.4, -0.2) is 50.8 Å². The number of likely N-dealkylation sites (tertiary alicyclic amines) is 1. The lowest BCUT2D eigenvalue weighted by Crippen LogP contribution is -2.23. The molecule has 6 nitrogen and oxygen atoms in total. The summed E-state index contributed by atoms with van der Waals surface area (Å²) in [6, 6.07) is 0.349. The zero-order valence-corrected chi connectivity index (χ0v) is 12.9. The van der Waals surface area contributed by atoms with Crippen molar-refractivity contribution < 1.29 is 14.3 Å². The first-order chi connectivity index (χ1) is 9.56. The number of carbonyl (C=O) groups is 1. The monoisotopic (exact) mass is 299 g/mol. The molecule has 20 heavy (non-hydrogen) atoms. The van der Waals surface area contributed by atoms with Crippen LogP contribution < -0.4 is 15.8 Å². The molecule has 1 aliphatic rings. The van der Waals surface area contributed by atoms with Crippen LogP contribution in [0.3, 0.4) is 0 Å². The van der Waals surface area contributed by atoms with Crippen LogP contribution in [0.25, 0.3) is 0 Å². The van der Waals surface area contributed by atoms with Gasteiger partial charge in [0, 0.05) is 12.6 Å². The fraction of sp³-hybridized carbons (Fsp3) is 0.615. The molecule has 0 bridgehead atoms. The first-order valence-electron chi connectivity index (χ1n) is 6.65. The van der Waals surface area contributed by atoms with E-state index in [1.165, 1.54) is 11.3 Å². The number of carbonyl (C=O) groups excluding carboxylic acids is 1. The summed E-state index contributed by atoms with van der Waals surface area (Å²) >= 11 is 1.29. The van der Waals surface area contributed by atoms with Gasteiger partial charge in [0.2, 0.25) is 0 Å². The number of thiophene rings is 1. The lowest BCUT2D eigenvalue weighted by Gasteiger charge is -2.13. The number of hydrogen-bond donors (Lipinski definition) is 2. The van der Waals surface area contributed by atoms with Gasteiger partial charge in [0.05, 0.1) is 13.7 Å². The highest BCUT2D eigenvalue weighted by Gasteiger charge is 2.26. The molecule has 1 aromatic rings. The molecule has 0 amide bonds. The zero-order valence-electron chi connectivity index (χ0n) is 12.1. The molecule has 1 atom stereocenters. The summed E-state index contributed by atoms with van der Waals surface area (Å²) in [5.41, 5.74) is 6.33. The number of anilines is 2. The van der Waals surface area contributed by atoms with Gasteiger partial charge in [-0.3, -0.25) is 0 Å². The smallest absolute Gasteiger partial charge is 0.350 e. The van der Waals surface area contributed by atoms with Gasteiger partial charge in [-0.1, -0.05) is 0 Å². The van der Waals surface area contributed by atoms with E-state index in [0.29, 0.717) is 29.0 Å². The summed E-state index contributed by atoms with van der Waals surface area (Å²) in [4.78, 5) is 14.5. The fourth-order valence-corrected chi connectivity index (χ4v) is 3.37. The van der Waals surface area contributed by atoms with Crippen LogP contribution in [0, 0.1) is 0 Å². The molecule has 2 rings (SSSR count). The molecule has 7 heteroatoms. The van der Waals surface area contributed by atoms with Crippen LogP contribution >= 0.6 is 11.3 Å². The second-order valence-corrected chi connectivity index (χ2v) is 5.84. The van der Waals surface area contributed by atoms with E-state index in [1.807, 2.05) is 0 Å². The Labute approximate surface area is 122 Å². The number of esters is 1. The lowest BCUT2D eigenvalue weighted by molar-refractivity contribution is 0.0533. The molecule has 1 aliphatic heterocycles. The highest BCUT2D eigenvalue weighted by Crippen LogP contribution is 2.43. The normalized spacial score (nSPS) is 19.1. The molecule has 2 heterocycles. The van der Waals surface area contributed by atoms with E-state index in [9.17, 15) is 4.79 Å². The molecule has 3 N–H and O–H groups in total. The SMILES string of the molecule is CCOC(=O)c1sc(NC2CCN(C)C2)c(OC)c1N. The van der Waals surface area contributed by atoms with E-state index in [0.717, 1.165) is 24.5 Å². The minimum Gasteiger partial charge on any atom is -0.492 e. The Balaban J connectivity index is 2.19. The molecule has 1 fully saturated rings. The predicted molar refractivity (Wildman–Crippen MR) is 80.8 cm³/mol. The summed E-state index contributed by atoms with van der Waals surface area (Å²) in [7, 11) is 3.64. The first-order valence-corrected chi connectivity index (χ1v) is 7.46. The Bertz CT molecular complexity index is 489. The highest BCUT2D eigenvalue weighted by atomic mass is 32.1. The van der Waals surface area contributed by atoms with Gasteiger partial charge in [0.15, 0.2) is 5.75 Å². The number of nitrogens with two attached hydrogens (primary N) is 1. The van der Waals surface area contributed by atoms with Gasteiger partial charge >= 0.3 is 5.97 Å². The second-order valence-electron chi connectivity index (χ2n) is 4.82. The molecule has 112 valence electrons. The quantitative estimate of drug-likeness (QED) is 0.805. The van der Waals surface area contributed by atoms with Gasteiger partial charge in [-0.15, -0.1) is 11.3 Å². The zero-order chi connectivity index (χ0) is 14.7. The maximum atomic E-state index is 11.9. The lowest BCUT2D eigenvalue weighted by atomic mass is 10.2. The number of rotatable bonds is 5. The summed E-state index contributed by atoms with van der Waals surface area (Å²) in [5, 5.41) is 4.21. The van der Waals surface area contributed by atoms with Crippen molar-refractivity contribution in [3.05, 3.63) is 4.88 Å². The van der Waals surface area contributed by atoms with Gasteiger partial charge in [0.25, 0.3) is 0 Å². The Morgan fingerprint density at radius 3 is 2.90 bits per heavy atom. The Morgan fingerprint density at radius 1 is 1.60 bits per heavy atom. The largest absolute Gasteiger partial charge is 0.492 e. The van der Waals surface area contributed by atoms with Crippen molar-refractivity contribution in [2.75, 3.05) is 44.9 Å². The third kappa shape index (κ3) is 2.99. The summed E-state index contributed by atoms with van der Waals surface area (Å²) in [5.74, 6) is 0.137. The number of likely N-dealkylation sites (N-methyl/N-ethyl adjacent to an activating group) is 1. The van der Waals surface area contributed by atoms with Crippen LogP contribution in [0.15, 0.2) is 0 Å².